The monoisotopic (exact) mass is 680 g/mol. The van der Waals surface area contributed by atoms with Gasteiger partial charge in [-0.15, -0.1) is 0 Å². The molecule has 0 unspecified atom stereocenters. The summed E-state index contributed by atoms with van der Waals surface area (Å²) in [6.07, 6.45) is 1.36. The number of aliphatic carboxylic acids is 1. The highest BCUT2D eigenvalue weighted by Gasteiger charge is 2.30. The van der Waals surface area contributed by atoms with Crippen LogP contribution in [0.25, 0.3) is 11.1 Å². The molecule has 0 atom stereocenters. The fourth-order valence-corrected chi connectivity index (χ4v) is 6.28. The molecule has 0 bridgehead atoms. The summed E-state index contributed by atoms with van der Waals surface area (Å²) in [4.78, 5) is 27.9. The van der Waals surface area contributed by atoms with Crippen molar-refractivity contribution in [1.82, 2.24) is 4.98 Å². The van der Waals surface area contributed by atoms with E-state index in [1.807, 2.05) is 24.3 Å². The molecule has 252 valence electrons. The van der Waals surface area contributed by atoms with Crippen molar-refractivity contribution in [3.8, 4) is 16.9 Å². The van der Waals surface area contributed by atoms with Gasteiger partial charge >= 0.3 is 18.1 Å². The maximum absolute atomic E-state index is 13.0. The maximum Gasteiger partial charge on any atom is 0.416 e. The topological polar surface area (TPSA) is 109 Å². The Morgan fingerprint density at radius 3 is 2.33 bits per heavy atom. The number of halogens is 4. The Morgan fingerprint density at radius 2 is 1.62 bits per heavy atom. The molecular formula is C37H36ClF3N2O5. The Balaban J connectivity index is 1.27. The zero-order chi connectivity index (χ0) is 34.3. The van der Waals surface area contributed by atoms with Crippen LogP contribution in [0.3, 0.4) is 0 Å². The number of unbranched alkanes of at least 4 members (excludes halogenated alkanes) is 1. The van der Waals surface area contributed by atoms with E-state index >= 15 is 0 Å². The van der Waals surface area contributed by atoms with Crippen LogP contribution >= 0.6 is 11.6 Å². The molecule has 7 nitrogen and oxygen atoms in total. The molecule has 0 radical (unpaired) electrons. The first kappa shape index (κ1) is 34.8. The van der Waals surface area contributed by atoms with Crippen LogP contribution < -0.4 is 10.1 Å². The van der Waals surface area contributed by atoms with Gasteiger partial charge in [-0.25, -0.2) is 9.78 Å². The molecule has 11 heteroatoms. The first-order chi connectivity index (χ1) is 23.0. The number of ether oxygens (including phenoxy) is 1. The first-order valence-electron chi connectivity index (χ1n) is 15.9. The van der Waals surface area contributed by atoms with Crippen molar-refractivity contribution in [1.29, 1.82) is 0 Å². The number of alkyl halides is 3. The molecule has 0 fully saturated rings. The summed E-state index contributed by atoms with van der Waals surface area (Å²) in [5.74, 6) is -1.32. The average molecular weight is 681 g/mol. The lowest BCUT2D eigenvalue weighted by molar-refractivity contribution is -0.138. The van der Waals surface area contributed by atoms with Crippen LogP contribution in [0.2, 0.25) is 5.02 Å². The van der Waals surface area contributed by atoms with Crippen molar-refractivity contribution >= 4 is 29.2 Å². The maximum atomic E-state index is 13.0. The molecule has 48 heavy (non-hydrogen) atoms. The van der Waals surface area contributed by atoms with Crippen LogP contribution in [-0.2, 0) is 43.3 Å². The second-order valence-corrected chi connectivity index (χ2v) is 12.2. The van der Waals surface area contributed by atoms with E-state index in [4.69, 9.17) is 21.4 Å². The van der Waals surface area contributed by atoms with E-state index < -0.39 is 23.7 Å². The highest BCUT2D eigenvalue weighted by atomic mass is 35.5. The summed E-state index contributed by atoms with van der Waals surface area (Å²) in [6.45, 7) is 0.570. The molecule has 0 aliphatic heterocycles. The van der Waals surface area contributed by atoms with E-state index in [2.05, 4.69) is 10.3 Å². The molecule has 1 heterocycles. The molecule has 0 saturated carbocycles. The summed E-state index contributed by atoms with van der Waals surface area (Å²) in [6, 6.07) is 17.7. The van der Waals surface area contributed by atoms with Crippen molar-refractivity contribution in [2.45, 2.75) is 70.6 Å². The summed E-state index contributed by atoms with van der Waals surface area (Å²) < 4.78 is 45.0. The van der Waals surface area contributed by atoms with Gasteiger partial charge in [-0.05, 0) is 103 Å². The second-order valence-electron chi connectivity index (χ2n) is 11.8. The van der Waals surface area contributed by atoms with E-state index in [1.165, 1.54) is 12.1 Å². The molecule has 1 aliphatic carbocycles. The Kier molecular flexibility index (Phi) is 11.3. The number of anilines is 1. The van der Waals surface area contributed by atoms with Crippen LogP contribution in [0.1, 0.15) is 76.1 Å². The van der Waals surface area contributed by atoms with Gasteiger partial charge in [-0.1, -0.05) is 54.1 Å². The Hall–Kier alpha value is -4.57. The molecule has 3 aromatic carbocycles. The molecule has 0 spiro atoms. The molecule has 1 aromatic heterocycles. The number of benzene rings is 3. The van der Waals surface area contributed by atoms with Crippen LogP contribution in [-0.4, -0.2) is 33.7 Å². The van der Waals surface area contributed by atoms with E-state index in [9.17, 15) is 27.9 Å². The van der Waals surface area contributed by atoms with Crippen molar-refractivity contribution < 1.29 is 37.7 Å². The summed E-state index contributed by atoms with van der Waals surface area (Å²) in [5, 5.41) is 22.9. The molecule has 5 rings (SSSR count). The summed E-state index contributed by atoms with van der Waals surface area (Å²) >= 11 is 6.55. The third kappa shape index (κ3) is 8.66. The van der Waals surface area contributed by atoms with Gasteiger partial charge in [0.15, 0.2) is 5.69 Å². The quantitative estimate of drug-likeness (QED) is 0.114. The van der Waals surface area contributed by atoms with Gasteiger partial charge in [0.2, 0.25) is 0 Å². The number of nitrogens with zero attached hydrogens (tertiary/aromatic N) is 1. The number of nitrogens with one attached hydrogen (secondary N) is 1. The van der Waals surface area contributed by atoms with Gasteiger partial charge in [0.25, 0.3) is 0 Å². The number of hydrogen-bond acceptors (Lipinski definition) is 5. The second kappa shape index (κ2) is 15.6. The average Bonchev–Trinajstić information content (AvgIpc) is 3.06. The van der Waals surface area contributed by atoms with Gasteiger partial charge in [-0.3, -0.25) is 4.79 Å². The number of rotatable bonds is 14. The Bertz CT molecular complexity index is 1780. The fraction of sp³-hybridized carbons (Fsp3) is 0.324. The van der Waals surface area contributed by atoms with E-state index in [0.29, 0.717) is 65.4 Å². The lowest BCUT2D eigenvalue weighted by atomic mass is 9.88. The largest absolute Gasteiger partial charge is 0.489 e. The number of aromatic nitrogens is 1. The molecule has 1 aliphatic rings. The van der Waals surface area contributed by atoms with Crippen molar-refractivity contribution in [3.63, 3.8) is 0 Å². The Morgan fingerprint density at radius 1 is 0.896 bits per heavy atom. The van der Waals surface area contributed by atoms with E-state index in [1.54, 1.807) is 18.2 Å². The summed E-state index contributed by atoms with van der Waals surface area (Å²) in [7, 11) is 0. The van der Waals surface area contributed by atoms with Crippen molar-refractivity contribution in [2.24, 2.45) is 0 Å². The highest BCUT2D eigenvalue weighted by molar-refractivity contribution is 6.31. The van der Waals surface area contributed by atoms with Gasteiger partial charge in [0, 0.05) is 29.2 Å². The van der Waals surface area contributed by atoms with Crippen LogP contribution in [0, 0.1) is 0 Å². The van der Waals surface area contributed by atoms with E-state index in [0.717, 1.165) is 60.2 Å². The molecule has 0 saturated heterocycles. The van der Waals surface area contributed by atoms with Crippen molar-refractivity contribution in [3.05, 3.63) is 111 Å². The molecule has 3 N–H and O–H groups in total. The number of carboxylic acid groups (broad SMARTS) is 2. The number of para-hydroxylation sites is 1. The third-order valence-corrected chi connectivity index (χ3v) is 8.86. The minimum absolute atomic E-state index is 0.0113. The molecule has 0 amide bonds. The smallest absolute Gasteiger partial charge is 0.416 e. The number of hydrogen-bond donors (Lipinski definition) is 3. The fourth-order valence-electron chi connectivity index (χ4n) is 6.05. The number of pyridine rings is 1. The minimum atomic E-state index is -4.41. The standard InChI is InChI=1S/C37H36ClF3N2O5/c38-30-21-25(23-15-17-27(18-16-23)37(39,40)41)13-14-26(30)22-48-32-11-5-1-7-24(32)19-20-42-34-29(9-3-6-12-33(44)45)28-8-2-4-10-31(28)43-35(34)36(46)47/h1,5,7,11,13-18,21,42H,2-4,6,8-10,12,19-20,22H2,(H,44,45)(H,46,47). The lowest BCUT2D eigenvalue weighted by Gasteiger charge is -2.24. The van der Waals surface area contributed by atoms with Crippen LogP contribution in [0.15, 0.2) is 66.7 Å². The minimum Gasteiger partial charge on any atom is -0.489 e. The van der Waals surface area contributed by atoms with Gasteiger partial charge in [0.1, 0.15) is 12.4 Å². The van der Waals surface area contributed by atoms with Gasteiger partial charge < -0.3 is 20.3 Å². The molecular weight excluding hydrogens is 645 g/mol. The number of carbonyl (C=O) groups is 2. The first-order valence-corrected chi connectivity index (χ1v) is 16.3. The zero-order valence-corrected chi connectivity index (χ0v) is 27.0. The summed E-state index contributed by atoms with van der Waals surface area (Å²) in [5.41, 5.74) is 5.48. The SMILES string of the molecule is O=C(O)CCCCc1c2c(nc(C(=O)O)c1NCCc1ccccc1OCc1ccc(-c3ccc(C(F)(F)F)cc3)cc1Cl)CCCC2. The lowest BCUT2D eigenvalue weighted by Crippen LogP contribution is -2.19. The third-order valence-electron chi connectivity index (χ3n) is 8.51. The predicted molar refractivity (Wildman–Crippen MR) is 178 cm³/mol. The normalized spacial score (nSPS) is 12.8. The zero-order valence-electron chi connectivity index (χ0n) is 26.2. The number of fused-ring (bicyclic) bond motifs is 1. The number of aromatic carboxylic acids is 1. The highest BCUT2D eigenvalue weighted by Crippen LogP contribution is 2.34. The van der Waals surface area contributed by atoms with Crippen LogP contribution in [0.5, 0.6) is 5.75 Å². The van der Waals surface area contributed by atoms with Crippen molar-refractivity contribution in [2.75, 3.05) is 11.9 Å². The Labute approximate surface area is 281 Å². The predicted octanol–water partition coefficient (Wildman–Crippen LogP) is 9.03. The van der Waals surface area contributed by atoms with Gasteiger partial charge in [-0.2, -0.15) is 13.2 Å². The number of aryl methyl sites for hydroxylation is 1. The molecule has 4 aromatic rings. The van der Waals surface area contributed by atoms with Gasteiger partial charge in [0.05, 0.1) is 11.3 Å². The van der Waals surface area contributed by atoms with Crippen LogP contribution in [0.4, 0.5) is 18.9 Å². The number of carboxylic acids is 2. The van der Waals surface area contributed by atoms with E-state index in [-0.39, 0.29) is 18.7 Å².